The highest BCUT2D eigenvalue weighted by molar-refractivity contribution is 5.94. The van der Waals surface area contributed by atoms with Gasteiger partial charge in [-0.3, -0.25) is 14.2 Å². The summed E-state index contributed by atoms with van der Waals surface area (Å²) < 4.78 is 1.77. The van der Waals surface area contributed by atoms with E-state index in [1.807, 2.05) is 7.05 Å². The van der Waals surface area contributed by atoms with E-state index in [4.69, 9.17) is 0 Å². The van der Waals surface area contributed by atoms with E-state index in [9.17, 15) is 9.59 Å². The smallest absolute Gasteiger partial charge is 0.255 e. The van der Waals surface area contributed by atoms with E-state index in [1.54, 1.807) is 53.6 Å². The molecule has 0 saturated carbocycles. The summed E-state index contributed by atoms with van der Waals surface area (Å²) in [6, 6.07) is 3.54. The van der Waals surface area contributed by atoms with Crippen LogP contribution in [0.4, 0.5) is 0 Å². The van der Waals surface area contributed by atoms with Crippen LogP contribution < -0.4 is 5.32 Å². The molecule has 0 aromatic carbocycles. The minimum Gasteiger partial charge on any atom is -0.359 e. The fourth-order valence-electron chi connectivity index (χ4n) is 2.97. The van der Waals surface area contributed by atoms with Gasteiger partial charge >= 0.3 is 0 Å². The van der Waals surface area contributed by atoms with Gasteiger partial charge < -0.3 is 15.1 Å². The first-order valence-corrected chi connectivity index (χ1v) is 8.22. The molecule has 1 N–H and O–H groups in total. The van der Waals surface area contributed by atoms with Crippen LogP contribution in [0, 0.1) is 5.92 Å². The lowest BCUT2D eigenvalue weighted by Crippen LogP contribution is -2.41. The molecule has 132 valence electrons. The molecule has 1 atom stereocenters. The number of carbonyl (C=O) groups excluding carboxylic acids is 2. The molecule has 25 heavy (non-hydrogen) atoms. The van der Waals surface area contributed by atoms with Crippen molar-refractivity contribution in [1.82, 2.24) is 29.7 Å². The number of hydrogen-bond acceptors (Lipinski definition) is 5. The average Bonchev–Trinajstić information content (AvgIpc) is 3.10. The molecule has 1 fully saturated rings. The van der Waals surface area contributed by atoms with Crippen molar-refractivity contribution < 1.29 is 9.59 Å². The normalized spacial score (nSPS) is 18.6. The number of imidazole rings is 1. The predicted molar refractivity (Wildman–Crippen MR) is 92.3 cm³/mol. The molecule has 1 aliphatic heterocycles. The minimum absolute atomic E-state index is 0.0415. The van der Waals surface area contributed by atoms with Crippen molar-refractivity contribution >= 4 is 11.8 Å². The highest BCUT2D eigenvalue weighted by atomic mass is 16.2. The van der Waals surface area contributed by atoms with Crippen LogP contribution in [0.3, 0.4) is 0 Å². The van der Waals surface area contributed by atoms with Crippen LogP contribution in [0.1, 0.15) is 10.4 Å². The van der Waals surface area contributed by atoms with Crippen molar-refractivity contribution in [3.8, 4) is 5.82 Å². The van der Waals surface area contributed by atoms with Gasteiger partial charge in [-0.25, -0.2) is 9.97 Å². The zero-order valence-electron chi connectivity index (χ0n) is 14.4. The molecular weight excluding hydrogens is 320 g/mol. The molecule has 2 aromatic rings. The molecule has 0 unspecified atom stereocenters. The van der Waals surface area contributed by atoms with Gasteiger partial charge in [0.05, 0.1) is 11.5 Å². The van der Waals surface area contributed by atoms with E-state index in [0.717, 1.165) is 6.54 Å². The van der Waals surface area contributed by atoms with Gasteiger partial charge in [-0.1, -0.05) is 0 Å². The van der Waals surface area contributed by atoms with E-state index in [0.29, 0.717) is 31.0 Å². The highest BCUT2D eigenvalue weighted by Gasteiger charge is 2.28. The van der Waals surface area contributed by atoms with Gasteiger partial charge in [0.25, 0.3) is 5.91 Å². The lowest BCUT2D eigenvalue weighted by molar-refractivity contribution is -0.125. The maximum absolute atomic E-state index is 12.8. The van der Waals surface area contributed by atoms with E-state index in [2.05, 4.69) is 20.2 Å². The molecule has 2 amide bonds. The third kappa shape index (κ3) is 3.85. The molecular formula is C17H22N6O2. The zero-order valence-corrected chi connectivity index (χ0v) is 14.4. The molecule has 1 saturated heterocycles. The number of carbonyl (C=O) groups is 2. The Morgan fingerprint density at radius 3 is 2.72 bits per heavy atom. The minimum atomic E-state index is -0.236. The standard InChI is InChI=1S/C17H22N6O2/c1-18-16(24)14-10-21(2)7-8-22(11-14)17(25)13-3-4-15(20-9-13)23-6-5-19-12-23/h3-6,9,12,14H,7-8,10-11H2,1-2H3,(H,18,24)/t14-/m1/s1. The van der Waals surface area contributed by atoms with Crippen molar-refractivity contribution in [2.24, 2.45) is 5.92 Å². The molecule has 3 rings (SSSR count). The van der Waals surface area contributed by atoms with Crippen molar-refractivity contribution in [2.45, 2.75) is 0 Å². The Morgan fingerprint density at radius 1 is 1.24 bits per heavy atom. The molecule has 0 spiro atoms. The monoisotopic (exact) mass is 342 g/mol. The number of aromatic nitrogens is 3. The van der Waals surface area contributed by atoms with Crippen molar-refractivity contribution in [2.75, 3.05) is 40.3 Å². The van der Waals surface area contributed by atoms with Crippen LogP contribution in [0.2, 0.25) is 0 Å². The maximum Gasteiger partial charge on any atom is 0.255 e. The van der Waals surface area contributed by atoms with Crippen LogP contribution in [-0.2, 0) is 4.79 Å². The number of pyridine rings is 1. The van der Waals surface area contributed by atoms with Gasteiger partial charge in [-0.05, 0) is 19.2 Å². The lowest BCUT2D eigenvalue weighted by Gasteiger charge is -2.23. The summed E-state index contributed by atoms with van der Waals surface area (Å²) in [5.74, 6) is 0.321. The van der Waals surface area contributed by atoms with Gasteiger partial charge in [0.1, 0.15) is 12.1 Å². The van der Waals surface area contributed by atoms with Gasteiger partial charge in [-0.15, -0.1) is 0 Å². The van der Waals surface area contributed by atoms with Gasteiger partial charge in [0.15, 0.2) is 0 Å². The number of hydrogen-bond donors (Lipinski definition) is 1. The molecule has 2 aromatic heterocycles. The first kappa shape index (κ1) is 17.1. The summed E-state index contributed by atoms with van der Waals surface area (Å²) in [6.45, 7) is 2.37. The van der Waals surface area contributed by atoms with Crippen LogP contribution in [-0.4, -0.2) is 76.4 Å². The second-order valence-electron chi connectivity index (χ2n) is 6.20. The zero-order chi connectivity index (χ0) is 17.8. The van der Waals surface area contributed by atoms with Crippen LogP contribution in [0.15, 0.2) is 37.1 Å². The number of amides is 2. The van der Waals surface area contributed by atoms with Crippen molar-refractivity contribution in [3.63, 3.8) is 0 Å². The number of rotatable bonds is 3. The lowest BCUT2D eigenvalue weighted by atomic mass is 10.1. The molecule has 0 aliphatic carbocycles. The number of nitrogens with one attached hydrogen (secondary N) is 1. The molecule has 8 heteroatoms. The average molecular weight is 342 g/mol. The van der Waals surface area contributed by atoms with Crippen LogP contribution in [0.5, 0.6) is 0 Å². The van der Waals surface area contributed by atoms with E-state index < -0.39 is 0 Å². The Hall–Kier alpha value is -2.74. The summed E-state index contributed by atoms with van der Waals surface area (Å²) >= 11 is 0. The van der Waals surface area contributed by atoms with E-state index in [-0.39, 0.29) is 17.7 Å². The topological polar surface area (TPSA) is 83.4 Å². The fourth-order valence-corrected chi connectivity index (χ4v) is 2.97. The Balaban J connectivity index is 1.75. The summed E-state index contributed by atoms with van der Waals surface area (Å²) in [5.41, 5.74) is 0.518. The van der Waals surface area contributed by atoms with E-state index >= 15 is 0 Å². The van der Waals surface area contributed by atoms with E-state index in [1.165, 1.54) is 0 Å². The predicted octanol–water partition coefficient (Wildman–Crippen LogP) is 0.0171. The highest BCUT2D eigenvalue weighted by Crippen LogP contribution is 2.13. The third-order valence-corrected chi connectivity index (χ3v) is 4.39. The van der Waals surface area contributed by atoms with Gasteiger partial charge in [0.2, 0.25) is 5.91 Å². The molecule has 1 aliphatic rings. The SMILES string of the molecule is CNC(=O)[C@@H]1CN(C)CCN(C(=O)c2ccc(-n3ccnc3)nc2)C1. The summed E-state index contributed by atoms with van der Waals surface area (Å²) in [5, 5.41) is 2.68. The fraction of sp³-hybridized carbons (Fsp3) is 0.412. The molecule has 8 nitrogen and oxygen atoms in total. The quantitative estimate of drug-likeness (QED) is 0.850. The van der Waals surface area contributed by atoms with Crippen molar-refractivity contribution in [1.29, 1.82) is 0 Å². The second-order valence-corrected chi connectivity index (χ2v) is 6.20. The number of nitrogens with zero attached hydrogens (tertiary/aromatic N) is 5. The molecule has 0 bridgehead atoms. The number of likely N-dealkylation sites (N-methyl/N-ethyl adjacent to an activating group) is 1. The Kier molecular flexibility index (Phi) is 5.08. The Labute approximate surface area is 146 Å². The summed E-state index contributed by atoms with van der Waals surface area (Å²) in [6.07, 6.45) is 6.69. The second kappa shape index (κ2) is 7.43. The van der Waals surface area contributed by atoms with Crippen molar-refractivity contribution in [3.05, 3.63) is 42.6 Å². The molecule has 3 heterocycles. The molecule has 0 radical (unpaired) electrons. The maximum atomic E-state index is 12.8. The third-order valence-electron chi connectivity index (χ3n) is 4.39. The largest absolute Gasteiger partial charge is 0.359 e. The Morgan fingerprint density at radius 2 is 2.08 bits per heavy atom. The summed E-state index contributed by atoms with van der Waals surface area (Å²) in [4.78, 5) is 37.0. The summed E-state index contributed by atoms with van der Waals surface area (Å²) in [7, 11) is 3.59. The van der Waals surface area contributed by atoms with Gasteiger partial charge in [0, 0.05) is 51.8 Å². The van der Waals surface area contributed by atoms with Crippen LogP contribution in [0.25, 0.3) is 5.82 Å². The van der Waals surface area contributed by atoms with Crippen LogP contribution >= 0.6 is 0 Å². The Bertz CT molecular complexity index is 728. The van der Waals surface area contributed by atoms with Gasteiger partial charge in [-0.2, -0.15) is 0 Å². The first-order chi connectivity index (χ1) is 12.1. The first-order valence-electron chi connectivity index (χ1n) is 8.22.